The van der Waals surface area contributed by atoms with Crippen LogP contribution in [0.3, 0.4) is 0 Å². The zero-order valence-electron chi connectivity index (χ0n) is 11.8. The van der Waals surface area contributed by atoms with Crippen molar-refractivity contribution in [3.05, 3.63) is 41.7 Å². The van der Waals surface area contributed by atoms with Crippen molar-refractivity contribution in [3.63, 3.8) is 0 Å². The van der Waals surface area contributed by atoms with Crippen LogP contribution in [-0.4, -0.2) is 23.2 Å². The molecule has 4 nitrogen and oxygen atoms in total. The van der Waals surface area contributed by atoms with E-state index >= 15 is 0 Å². The second-order valence-corrected chi connectivity index (χ2v) is 4.56. The fourth-order valence-corrected chi connectivity index (χ4v) is 2.07. The van der Waals surface area contributed by atoms with E-state index in [2.05, 4.69) is 33.9 Å². The number of hydrogen-bond donors (Lipinski definition) is 1. The summed E-state index contributed by atoms with van der Waals surface area (Å²) in [6, 6.07) is 8.23. The molecule has 0 spiro atoms. The quantitative estimate of drug-likeness (QED) is 0.866. The van der Waals surface area contributed by atoms with Crippen molar-refractivity contribution < 1.29 is 4.74 Å². The number of ether oxygens (including phenoxy) is 1. The van der Waals surface area contributed by atoms with Crippen LogP contribution in [0.15, 0.2) is 30.5 Å². The normalized spacial score (nSPS) is 10.7. The van der Waals surface area contributed by atoms with Gasteiger partial charge in [-0.2, -0.15) is 0 Å². The highest BCUT2D eigenvalue weighted by molar-refractivity contribution is 5.48. The van der Waals surface area contributed by atoms with Gasteiger partial charge in [0.1, 0.15) is 0 Å². The molecule has 102 valence electrons. The van der Waals surface area contributed by atoms with Crippen LogP contribution in [0.4, 0.5) is 5.95 Å². The Balaban J connectivity index is 2.40. The van der Waals surface area contributed by atoms with Gasteiger partial charge in [-0.05, 0) is 19.4 Å². The molecule has 1 aromatic carbocycles. The maximum atomic E-state index is 5.26. The molecular formula is C15H21N3O. The zero-order chi connectivity index (χ0) is 13.7. The number of aryl methyl sites for hydroxylation is 1. The van der Waals surface area contributed by atoms with Crippen LogP contribution in [0.1, 0.15) is 24.6 Å². The number of hydrogen-bond acceptors (Lipinski definition) is 3. The van der Waals surface area contributed by atoms with Gasteiger partial charge < -0.3 is 10.1 Å². The third kappa shape index (κ3) is 3.15. The molecule has 2 rings (SSSR count). The van der Waals surface area contributed by atoms with Crippen LogP contribution >= 0.6 is 0 Å². The first-order chi connectivity index (χ1) is 9.26. The van der Waals surface area contributed by atoms with Crippen LogP contribution < -0.4 is 5.32 Å². The summed E-state index contributed by atoms with van der Waals surface area (Å²) < 4.78 is 7.36. The van der Waals surface area contributed by atoms with Crippen molar-refractivity contribution >= 4 is 5.95 Å². The van der Waals surface area contributed by atoms with Crippen LogP contribution in [0.5, 0.6) is 0 Å². The molecule has 4 heteroatoms. The standard InChI is InChI=1S/C15H21N3O/c1-4-9-16-15-17-12(2)10-18(15)14-8-6-5-7-13(14)11-19-3/h5-8,10H,4,9,11H2,1-3H3,(H,16,17). The van der Waals surface area contributed by atoms with E-state index < -0.39 is 0 Å². The van der Waals surface area contributed by atoms with E-state index in [9.17, 15) is 0 Å². The smallest absolute Gasteiger partial charge is 0.207 e. The lowest BCUT2D eigenvalue weighted by molar-refractivity contribution is 0.185. The predicted octanol–water partition coefficient (Wildman–Crippen LogP) is 3.15. The molecule has 0 radical (unpaired) electrons. The van der Waals surface area contributed by atoms with Gasteiger partial charge in [0.25, 0.3) is 0 Å². The monoisotopic (exact) mass is 259 g/mol. The van der Waals surface area contributed by atoms with Crippen molar-refractivity contribution in [2.45, 2.75) is 26.9 Å². The van der Waals surface area contributed by atoms with E-state index in [4.69, 9.17) is 4.74 Å². The number of para-hydroxylation sites is 1. The Morgan fingerprint density at radius 1 is 1.32 bits per heavy atom. The van der Waals surface area contributed by atoms with Crippen molar-refractivity contribution in [2.75, 3.05) is 19.0 Å². The van der Waals surface area contributed by atoms with E-state index in [1.165, 1.54) is 0 Å². The molecule has 0 aliphatic rings. The third-order valence-electron chi connectivity index (χ3n) is 2.91. The molecule has 0 bridgehead atoms. The predicted molar refractivity (Wildman–Crippen MR) is 77.8 cm³/mol. The van der Waals surface area contributed by atoms with Gasteiger partial charge >= 0.3 is 0 Å². The minimum Gasteiger partial charge on any atom is -0.380 e. The van der Waals surface area contributed by atoms with Gasteiger partial charge in [-0.25, -0.2) is 4.98 Å². The molecule has 0 saturated carbocycles. The molecule has 19 heavy (non-hydrogen) atoms. The summed E-state index contributed by atoms with van der Waals surface area (Å²) in [5.41, 5.74) is 3.27. The Morgan fingerprint density at radius 3 is 2.84 bits per heavy atom. The fraction of sp³-hybridized carbons (Fsp3) is 0.400. The maximum absolute atomic E-state index is 5.26. The maximum Gasteiger partial charge on any atom is 0.207 e. The van der Waals surface area contributed by atoms with E-state index in [1.807, 2.05) is 25.3 Å². The topological polar surface area (TPSA) is 39.1 Å². The zero-order valence-corrected chi connectivity index (χ0v) is 11.8. The highest BCUT2D eigenvalue weighted by atomic mass is 16.5. The number of anilines is 1. The number of nitrogens with one attached hydrogen (secondary N) is 1. The van der Waals surface area contributed by atoms with Crippen molar-refractivity contribution in [2.24, 2.45) is 0 Å². The SMILES string of the molecule is CCCNc1nc(C)cn1-c1ccccc1COC. The van der Waals surface area contributed by atoms with Gasteiger partial charge in [-0.15, -0.1) is 0 Å². The Bertz CT molecular complexity index is 534. The Hall–Kier alpha value is -1.81. The molecule has 0 aliphatic heterocycles. The highest BCUT2D eigenvalue weighted by Gasteiger charge is 2.10. The van der Waals surface area contributed by atoms with Crippen molar-refractivity contribution in [1.82, 2.24) is 9.55 Å². The number of rotatable bonds is 6. The molecule has 0 fully saturated rings. The number of methoxy groups -OCH3 is 1. The summed E-state index contributed by atoms with van der Waals surface area (Å²) in [6.07, 6.45) is 3.12. The summed E-state index contributed by atoms with van der Waals surface area (Å²) in [5.74, 6) is 0.892. The van der Waals surface area contributed by atoms with E-state index in [1.54, 1.807) is 7.11 Å². The molecule has 1 N–H and O–H groups in total. The number of nitrogens with zero attached hydrogens (tertiary/aromatic N) is 2. The summed E-state index contributed by atoms with van der Waals surface area (Å²) in [7, 11) is 1.71. The summed E-state index contributed by atoms with van der Waals surface area (Å²) in [6.45, 7) is 5.67. The largest absolute Gasteiger partial charge is 0.380 e. The molecule has 0 aliphatic carbocycles. The fourth-order valence-electron chi connectivity index (χ4n) is 2.07. The van der Waals surface area contributed by atoms with E-state index in [0.29, 0.717) is 6.61 Å². The van der Waals surface area contributed by atoms with E-state index in [-0.39, 0.29) is 0 Å². The van der Waals surface area contributed by atoms with Crippen LogP contribution in [0.25, 0.3) is 5.69 Å². The lowest BCUT2D eigenvalue weighted by Crippen LogP contribution is -2.08. The van der Waals surface area contributed by atoms with Crippen LogP contribution in [-0.2, 0) is 11.3 Å². The lowest BCUT2D eigenvalue weighted by Gasteiger charge is -2.13. The summed E-state index contributed by atoms with van der Waals surface area (Å²) >= 11 is 0. The molecule has 2 aromatic rings. The molecule has 1 aromatic heterocycles. The number of benzene rings is 1. The van der Waals surface area contributed by atoms with Gasteiger partial charge in [0, 0.05) is 25.4 Å². The van der Waals surface area contributed by atoms with Crippen molar-refractivity contribution in [3.8, 4) is 5.69 Å². The van der Waals surface area contributed by atoms with Gasteiger partial charge in [-0.3, -0.25) is 4.57 Å². The first kappa shape index (κ1) is 13.6. The number of imidazole rings is 1. The van der Waals surface area contributed by atoms with Gasteiger partial charge in [0.05, 0.1) is 18.0 Å². The third-order valence-corrected chi connectivity index (χ3v) is 2.91. The first-order valence-electron chi connectivity index (χ1n) is 6.63. The molecule has 0 saturated heterocycles. The second-order valence-electron chi connectivity index (χ2n) is 4.56. The second kappa shape index (κ2) is 6.38. The van der Waals surface area contributed by atoms with Gasteiger partial charge in [0.2, 0.25) is 5.95 Å². The van der Waals surface area contributed by atoms with Gasteiger partial charge in [0.15, 0.2) is 0 Å². The minimum absolute atomic E-state index is 0.598. The summed E-state index contributed by atoms with van der Waals surface area (Å²) in [5, 5.41) is 3.36. The van der Waals surface area contributed by atoms with Crippen molar-refractivity contribution in [1.29, 1.82) is 0 Å². The molecule has 1 heterocycles. The van der Waals surface area contributed by atoms with Crippen LogP contribution in [0.2, 0.25) is 0 Å². The lowest BCUT2D eigenvalue weighted by atomic mass is 10.2. The average Bonchev–Trinajstić information content (AvgIpc) is 2.78. The van der Waals surface area contributed by atoms with Crippen LogP contribution in [0, 0.1) is 6.92 Å². The molecule has 0 amide bonds. The summed E-state index contributed by atoms with van der Waals surface area (Å²) in [4.78, 5) is 4.54. The first-order valence-corrected chi connectivity index (χ1v) is 6.63. The highest BCUT2D eigenvalue weighted by Crippen LogP contribution is 2.21. The number of aromatic nitrogens is 2. The van der Waals surface area contributed by atoms with E-state index in [0.717, 1.165) is 35.9 Å². The Labute approximate surface area is 114 Å². The minimum atomic E-state index is 0.598. The Morgan fingerprint density at radius 2 is 2.11 bits per heavy atom. The van der Waals surface area contributed by atoms with Gasteiger partial charge in [-0.1, -0.05) is 25.1 Å². The average molecular weight is 259 g/mol. The molecular weight excluding hydrogens is 238 g/mol. The molecule has 0 unspecified atom stereocenters. The Kier molecular flexibility index (Phi) is 4.58. The molecule has 0 atom stereocenters.